The maximum absolute atomic E-state index is 13.1. The summed E-state index contributed by atoms with van der Waals surface area (Å²) in [5, 5.41) is 7.11. The minimum absolute atomic E-state index is 0.0132. The van der Waals surface area contributed by atoms with Gasteiger partial charge in [-0.1, -0.05) is 29.4 Å². The Kier molecular flexibility index (Phi) is 8.00. The normalized spacial score (nSPS) is 17.8. The second kappa shape index (κ2) is 11.7. The average molecular weight is 494 g/mol. The molecule has 5 rings (SSSR count). The van der Waals surface area contributed by atoms with E-state index in [1.807, 2.05) is 0 Å². The Morgan fingerprint density at radius 1 is 0.917 bits per heavy atom. The molecular weight excluding hydrogens is 461 g/mol. The number of aromatic nitrogens is 2. The first kappa shape index (κ1) is 24.5. The van der Waals surface area contributed by atoms with Gasteiger partial charge >= 0.3 is 0 Å². The molecule has 0 saturated carbocycles. The van der Waals surface area contributed by atoms with Crippen LogP contribution < -0.4 is 5.32 Å². The van der Waals surface area contributed by atoms with Crippen LogP contribution >= 0.6 is 0 Å². The number of amides is 1. The highest BCUT2D eigenvalue weighted by atomic mass is 19.1. The zero-order valence-electron chi connectivity index (χ0n) is 20.4. The molecule has 0 spiro atoms. The average Bonchev–Trinajstić information content (AvgIpc) is 3.38. The number of carbonyl (C=O) groups is 1. The molecule has 2 fully saturated rings. The van der Waals surface area contributed by atoms with Crippen LogP contribution in [0.5, 0.6) is 0 Å². The monoisotopic (exact) mass is 493 g/mol. The molecule has 190 valence electrons. The minimum atomic E-state index is -0.299. The van der Waals surface area contributed by atoms with E-state index >= 15 is 0 Å². The number of ether oxygens (including phenoxy) is 1. The van der Waals surface area contributed by atoms with Gasteiger partial charge in [-0.3, -0.25) is 14.6 Å². The molecule has 2 aromatic carbocycles. The molecule has 0 atom stereocenters. The van der Waals surface area contributed by atoms with E-state index in [0.29, 0.717) is 30.4 Å². The first-order valence-corrected chi connectivity index (χ1v) is 12.6. The molecule has 1 aromatic heterocycles. The second-order valence-corrected chi connectivity index (χ2v) is 9.49. The zero-order valence-corrected chi connectivity index (χ0v) is 20.4. The molecule has 3 aromatic rings. The summed E-state index contributed by atoms with van der Waals surface area (Å²) in [4.78, 5) is 21.8. The number of likely N-dealkylation sites (tertiary alicyclic amines) is 1. The highest BCUT2D eigenvalue weighted by molar-refractivity contribution is 5.78. The summed E-state index contributed by atoms with van der Waals surface area (Å²) in [7, 11) is 0. The van der Waals surface area contributed by atoms with Gasteiger partial charge in [0.05, 0.1) is 19.8 Å². The molecule has 1 amide bonds. The quantitative estimate of drug-likeness (QED) is 0.516. The molecule has 2 aliphatic rings. The third kappa shape index (κ3) is 6.54. The summed E-state index contributed by atoms with van der Waals surface area (Å²) in [6.45, 7) is 7.17. The smallest absolute Gasteiger partial charge is 0.241 e. The predicted molar refractivity (Wildman–Crippen MR) is 132 cm³/mol. The Morgan fingerprint density at radius 3 is 2.31 bits per heavy atom. The van der Waals surface area contributed by atoms with Gasteiger partial charge in [-0.25, -0.2) is 4.39 Å². The number of hydrogen-bond donors (Lipinski definition) is 1. The van der Waals surface area contributed by atoms with Crippen LogP contribution in [0.25, 0.3) is 11.4 Å². The summed E-state index contributed by atoms with van der Waals surface area (Å²) >= 11 is 0. The molecule has 0 radical (unpaired) electrons. The lowest BCUT2D eigenvalue weighted by Crippen LogP contribution is -2.40. The highest BCUT2D eigenvalue weighted by Gasteiger charge is 2.26. The largest absolute Gasteiger partial charge is 0.379 e. The third-order valence-electron chi connectivity index (χ3n) is 6.89. The maximum Gasteiger partial charge on any atom is 0.241 e. The molecule has 0 bridgehead atoms. The van der Waals surface area contributed by atoms with Gasteiger partial charge in [0.1, 0.15) is 5.82 Å². The van der Waals surface area contributed by atoms with Crippen molar-refractivity contribution in [2.75, 3.05) is 39.4 Å². The van der Waals surface area contributed by atoms with Crippen LogP contribution in [-0.4, -0.2) is 65.2 Å². The summed E-state index contributed by atoms with van der Waals surface area (Å²) in [6, 6.07) is 14.5. The molecule has 2 aliphatic heterocycles. The number of rotatable bonds is 8. The highest BCUT2D eigenvalue weighted by Crippen LogP contribution is 2.21. The van der Waals surface area contributed by atoms with Gasteiger partial charge in [0, 0.05) is 37.7 Å². The van der Waals surface area contributed by atoms with E-state index in [4.69, 9.17) is 9.26 Å². The Hall–Kier alpha value is -3.14. The Labute approximate surface area is 210 Å². The van der Waals surface area contributed by atoms with Gasteiger partial charge < -0.3 is 14.6 Å². The molecule has 0 unspecified atom stereocenters. The van der Waals surface area contributed by atoms with Crippen molar-refractivity contribution in [3.8, 4) is 11.4 Å². The van der Waals surface area contributed by atoms with E-state index in [1.54, 1.807) is 12.1 Å². The van der Waals surface area contributed by atoms with Crippen LogP contribution in [0.4, 0.5) is 4.39 Å². The zero-order chi connectivity index (χ0) is 24.7. The van der Waals surface area contributed by atoms with Crippen LogP contribution in [0.1, 0.15) is 29.9 Å². The van der Waals surface area contributed by atoms with Crippen molar-refractivity contribution in [3.05, 3.63) is 71.4 Å². The van der Waals surface area contributed by atoms with Gasteiger partial charge in [0.2, 0.25) is 17.6 Å². The summed E-state index contributed by atoms with van der Waals surface area (Å²) in [6.07, 6.45) is 1.59. The molecule has 3 heterocycles. The lowest BCUT2D eigenvalue weighted by atomic mass is 9.96. The van der Waals surface area contributed by atoms with Gasteiger partial charge in [0.25, 0.3) is 0 Å². The van der Waals surface area contributed by atoms with E-state index in [0.717, 1.165) is 64.3 Å². The van der Waals surface area contributed by atoms with E-state index in [-0.39, 0.29) is 17.6 Å². The fraction of sp³-hybridized carbons (Fsp3) is 0.444. The number of carbonyl (C=O) groups excluding carboxylic acids is 1. The molecule has 36 heavy (non-hydrogen) atoms. The summed E-state index contributed by atoms with van der Waals surface area (Å²) < 4.78 is 23.9. The fourth-order valence-electron chi connectivity index (χ4n) is 4.69. The number of benzene rings is 2. The Balaban J connectivity index is 1.03. The van der Waals surface area contributed by atoms with Crippen LogP contribution in [-0.2, 0) is 29.2 Å². The Bertz CT molecular complexity index is 1120. The SMILES string of the molecule is O=C(NCc1ccc(CN2CCOCC2)cc1)C1CCN(Cc2nc(-c3ccc(F)cc3)no2)CC1. The van der Waals surface area contributed by atoms with Crippen molar-refractivity contribution >= 4 is 5.91 Å². The number of nitrogens with zero attached hydrogens (tertiary/aromatic N) is 4. The molecule has 2 saturated heterocycles. The molecular formula is C27H32FN5O3. The summed E-state index contributed by atoms with van der Waals surface area (Å²) in [5.74, 6) is 0.803. The van der Waals surface area contributed by atoms with Crippen LogP contribution in [0, 0.1) is 11.7 Å². The van der Waals surface area contributed by atoms with E-state index in [1.165, 1.54) is 17.7 Å². The lowest BCUT2D eigenvalue weighted by molar-refractivity contribution is -0.126. The summed E-state index contributed by atoms with van der Waals surface area (Å²) in [5.41, 5.74) is 3.11. The number of hydrogen-bond acceptors (Lipinski definition) is 7. The number of nitrogens with one attached hydrogen (secondary N) is 1. The molecule has 1 N–H and O–H groups in total. The van der Waals surface area contributed by atoms with Crippen LogP contribution in [0.15, 0.2) is 53.1 Å². The van der Waals surface area contributed by atoms with Gasteiger partial charge in [-0.05, 0) is 61.3 Å². The lowest BCUT2D eigenvalue weighted by Gasteiger charge is -2.30. The molecule has 8 nitrogen and oxygen atoms in total. The van der Waals surface area contributed by atoms with E-state index < -0.39 is 0 Å². The Morgan fingerprint density at radius 2 is 1.58 bits per heavy atom. The minimum Gasteiger partial charge on any atom is -0.379 e. The van der Waals surface area contributed by atoms with E-state index in [2.05, 4.69) is 49.5 Å². The number of halogens is 1. The first-order chi connectivity index (χ1) is 17.6. The van der Waals surface area contributed by atoms with Crippen molar-refractivity contribution in [2.24, 2.45) is 5.92 Å². The van der Waals surface area contributed by atoms with Crippen molar-refractivity contribution in [1.29, 1.82) is 0 Å². The maximum atomic E-state index is 13.1. The first-order valence-electron chi connectivity index (χ1n) is 12.6. The van der Waals surface area contributed by atoms with Gasteiger partial charge in [-0.2, -0.15) is 4.98 Å². The fourth-order valence-corrected chi connectivity index (χ4v) is 4.69. The van der Waals surface area contributed by atoms with Gasteiger partial charge in [0.15, 0.2) is 0 Å². The number of piperidine rings is 1. The second-order valence-electron chi connectivity index (χ2n) is 9.49. The van der Waals surface area contributed by atoms with Crippen molar-refractivity contribution in [2.45, 2.75) is 32.5 Å². The predicted octanol–water partition coefficient (Wildman–Crippen LogP) is 3.24. The molecule has 0 aliphatic carbocycles. The topological polar surface area (TPSA) is 83.7 Å². The van der Waals surface area contributed by atoms with Crippen molar-refractivity contribution < 1.29 is 18.4 Å². The van der Waals surface area contributed by atoms with E-state index in [9.17, 15) is 9.18 Å². The van der Waals surface area contributed by atoms with Gasteiger partial charge in [-0.15, -0.1) is 0 Å². The molecule has 9 heteroatoms. The van der Waals surface area contributed by atoms with Crippen molar-refractivity contribution in [1.82, 2.24) is 25.3 Å². The number of morpholine rings is 1. The van der Waals surface area contributed by atoms with Crippen molar-refractivity contribution in [3.63, 3.8) is 0 Å². The van der Waals surface area contributed by atoms with Crippen LogP contribution in [0.3, 0.4) is 0 Å². The third-order valence-corrected chi connectivity index (χ3v) is 6.89. The van der Waals surface area contributed by atoms with Crippen LogP contribution in [0.2, 0.25) is 0 Å². The standard InChI is InChI=1S/C27H32FN5O3/c28-24-7-5-22(6-8-24)26-30-25(36-31-26)19-32-11-9-23(10-12-32)27(34)29-17-20-1-3-21(4-2-20)18-33-13-15-35-16-14-33/h1-8,23H,9-19H2,(H,29,34).